The zero-order valence-corrected chi connectivity index (χ0v) is 11.2. The summed E-state index contributed by atoms with van der Waals surface area (Å²) in [7, 11) is 2.02. The van der Waals surface area contributed by atoms with E-state index in [1.807, 2.05) is 18.4 Å². The van der Waals surface area contributed by atoms with Crippen LogP contribution in [0, 0.1) is 12.8 Å². The number of thiazole rings is 1. The van der Waals surface area contributed by atoms with Crippen molar-refractivity contribution in [3.8, 4) is 0 Å². The molecule has 3 heteroatoms. The van der Waals surface area contributed by atoms with Gasteiger partial charge in [0.05, 0.1) is 11.7 Å². The molecule has 0 saturated heterocycles. The lowest BCUT2D eigenvalue weighted by Crippen LogP contribution is -2.18. The van der Waals surface area contributed by atoms with Crippen LogP contribution >= 0.6 is 11.3 Å². The highest BCUT2D eigenvalue weighted by Crippen LogP contribution is 2.27. The summed E-state index contributed by atoms with van der Waals surface area (Å²) in [6.07, 6.45) is 2.20. The Labute approximate surface area is 97.1 Å². The molecule has 86 valence electrons. The van der Waals surface area contributed by atoms with Crippen LogP contribution in [0.25, 0.3) is 0 Å². The van der Waals surface area contributed by atoms with Crippen molar-refractivity contribution in [1.82, 2.24) is 10.3 Å². The molecule has 1 N–H and O–H groups in total. The molecule has 0 bridgehead atoms. The van der Waals surface area contributed by atoms with E-state index in [0.717, 1.165) is 12.8 Å². The van der Waals surface area contributed by atoms with Gasteiger partial charge in [-0.1, -0.05) is 20.8 Å². The minimum absolute atomic E-state index is 0.425. The molecule has 0 fully saturated rings. The van der Waals surface area contributed by atoms with Gasteiger partial charge in [0.15, 0.2) is 0 Å². The summed E-state index contributed by atoms with van der Waals surface area (Å²) >= 11 is 1.84. The number of aryl methyl sites for hydroxylation is 2. The van der Waals surface area contributed by atoms with Gasteiger partial charge in [-0.2, -0.15) is 0 Å². The summed E-state index contributed by atoms with van der Waals surface area (Å²) < 4.78 is 0. The molecule has 1 aromatic heterocycles. The van der Waals surface area contributed by atoms with Gasteiger partial charge in [-0.15, -0.1) is 11.3 Å². The second-order valence-corrected chi connectivity index (χ2v) is 5.61. The fourth-order valence-electron chi connectivity index (χ4n) is 1.74. The van der Waals surface area contributed by atoms with E-state index in [9.17, 15) is 0 Å². The lowest BCUT2D eigenvalue weighted by Gasteiger charge is -2.15. The van der Waals surface area contributed by atoms with Crippen LogP contribution in [0.5, 0.6) is 0 Å². The quantitative estimate of drug-likeness (QED) is 0.833. The third-order valence-electron chi connectivity index (χ3n) is 2.60. The molecular weight excluding hydrogens is 204 g/mol. The van der Waals surface area contributed by atoms with Gasteiger partial charge in [0.1, 0.15) is 5.01 Å². The SMILES string of the molecule is CCc1nc(C(CC(C)C)NC)sc1C. The second-order valence-electron chi connectivity index (χ2n) is 4.38. The Bertz CT molecular complexity index is 305. The van der Waals surface area contributed by atoms with Crippen molar-refractivity contribution in [3.05, 3.63) is 15.6 Å². The lowest BCUT2D eigenvalue weighted by molar-refractivity contribution is 0.455. The third-order valence-corrected chi connectivity index (χ3v) is 3.72. The van der Waals surface area contributed by atoms with Gasteiger partial charge in [-0.05, 0) is 32.7 Å². The number of nitrogens with one attached hydrogen (secondary N) is 1. The molecule has 0 radical (unpaired) electrons. The van der Waals surface area contributed by atoms with Gasteiger partial charge in [0, 0.05) is 4.88 Å². The van der Waals surface area contributed by atoms with Crippen LogP contribution < -0.4 is 5.32 Å². The van der Waals surface area contributed by atoms with E-state index >= 15 is 0 Å². The van der Waals surface area contributed by atoms with Crippen LogP contribution in [0.3, 0.4) is 0 Å². The molecule has 0 spiro atoms. The highest BCUT2D eigenvalue weighted by molar-refractivity contribution is 7.11. The van der Waals surface area contributed by atoms with E-state index < -0.39 is 0 Å². The van der Waals surface area contributed by atoms with E-state index in [1.54, 1.807) is 0 Å². The monoisotopic (exact) mass is 226 g/mol. The minimum Gasteiger partial charge on any atom is -0.311 e. The average Bonchev–Trinajstić information content (AvgIpc) is 2.55. The Morgan fingerprint density at radius 3 is 2.47 bits per heavy atom. The van der Waals surface area contributed by atoms with Gasteiger partial charge in [-0.25, -0.2) is 4.98 Å². The van der Waals surface area contributed by atoms with Crippen LogP contribution in [0.1, 0.15) is 48.8 Å². The van der Waals surface area contributed by atoms with Gasteiger partial charge in [-0.3, -0.25) is 0 Å². The van der Waals surface area contributed by atoms with E-state index in [1.165, 1.54) is 15.6 Å². The Balaban J connectivity index is 2.82. The zero-order valence-electron chi connectivity index (χ0n) is 10.4. The third kappa shape index (κ3) is 3.28. The first-order valence-electron chi connectivity index (χ1n) is 5.71. The fourth-order valence-corrected chi connectivity index (χ4v) is 2.87. The molecule has 0 aromatic carbocycles. The molecule has 1 rings (SSSR count). The van der Waals surface area contributed by atoms with E-state index in [2.05, 4.69) is 33.0 Å². The first kappa shape index (κ1) is 12.7. The number of hydrogen-bond donors (Lipinski definition) is 1. The maximum absolute atomic E-state index is 4.71. The average molecular weight is 226 g/mol. The van der Waals surface area contributed by atoms with Crippen molar-refractivity contribution in [2.24, 2.45) is 5.92 Å². The summed E-state index contributed by atoms with van der Waals surface area (Å²) in [6.45, 7) is 8.85. The normalized spacial score (nSPS) is 13.5. The number of hydrogen-bond acceptors (Lipinski definition) is 3. The van der Waals surface area contributed by atoms with Crippen molar-refractivity contribution in [2.45, 2.75) is 46.6 Å². The molecule has 1 unspecified atom stereocenters. The summed E-state index contributed by atoms with van der Waals surface area (Å²) in [4.78, 5) is 6.08. The Kier molecular flexibility index (Phi) is 4.74. The number of nitrogens with zero attached hydrogens (tertiary/aromatic N) is 1. The van der Waals surface area contributed by atoms with Crippen LogP contribution in [0.15, 0.2) is 0 Å². The summed E-state index contributed by atoms with van der Waals surface area (Å²) in [5.74, 6) is 0.705. The van der Waals surface area contributed by atoms with Crippen LogP contribution in [0.2, 0.25) is 0 Å². The molecule has 1 heterocycles. The summed E-state index contributed by atoms with van der Waals surface area (Å²) in [6, 6.07) is 0.425. The molecule has 2 nitrogen and oxygen atoms in total. The maximum Gasteiger partial charge on any atom is 0.110 e. The molecule has 0 amide bonds. The molecule has 0 aliphatic heterocycles. The number of aromatic nitrogens is 1. The first-order valence-corrected chi connectivity index (χ1v) is 6.53. The molecule has 1 atom stereocenters. The van der Waals surface area contributed by atoms with E-state index in [4.69, 9.17) is 4.98 Å². The molecule has 0 aliphatic rings. The van der Waals surface area contributed by atoms with Crippen molar-refractivity contribution >= 4 is 11.3 Å². The zero-order chi connectivity index (χ0) is 11.4. The van der Waals surface area contributed by atoms with Crippen molar-refractivity contribution in [1.29, 1.82) is 0 Å². The summed E-state index contributed by atoms with van der Waals surface area (Å²) in [5.41, 5.74) is 1.26. The minimum atomic E-state index is 0.425. The number of rotatable bonds is 5. The summed E-state index contributed by atoms with van der Waals surface area (Å²) in [5, 5.41) is 4.61. The molecule has 0 aliphatic carbocycles. The van der Waals surface area contributed by atoms with Crippen molar-refractivity contribution in [3.63, 3.8) is 0 Å². The lowest BCUT2D eigenvalue weighted by atomic mass is 10.0. The first-order chi connectivity index (χ1) is 7.08. The van der Waals surface area contributed by atoms with Crippen LogP contribution in [-0.4, -0.2) is 12.0 Å². The van der Waals surface area contributed by atoms with E-state index in [0.29, 0.717) is 12.0 Å². The molecule has 0 saturated carbocycles. The van der Waals surface area contributed by atoms with Crippen molar-refractivity contribution < 1.29 is 0 Å². The standard InChI is InChI=1S/C12H22N2S/c1-6-10-9(4)15-12(14-10)11(13-5)7-8(2)3/h8,11,13H,6-7H2,1-5H3. The van der Waals surface area contributed by atoms with Gasteiger partial charge < -0.3 is 5.32 Å². The van der Waals surface area contributed by atoms with E-state index in [-0.39, 0.29) is 0 Å². The van der Waals surface area contributed by atoms with Gasteiger partial charge in [0.25, 0.3) is 0 Å². The maximum atomic E-state index is 4.71. The van der Waals surface area contributed by atoms with Crippen molar-refractivity contribution in [2.75, 3.05) is 7.05 Å². The van der Waals surface area contributed by atoms with Gasteiger partial charge in [0.2, 0.25) is 0 Å². The Hall–Kier alpha value is -0.410. The predicted molar refractivity (Wildman–Crippen MR) is 67.5 cm³/mol. The van der Waals surface area contributed by atoms with Crippen LogP contribution in [-0.2, 0) is 6.42 Å². The predicted octanol–water partition coefficient (Wildman–Crippen LogP) is 3.32. The van der Waals surface area contributed by atoms with Crippen LogP contribution in [0.4, 0.5) is 0 Å². The van der Waals surface area contributed by atoms with Gasteiger partial charge >= 0.3 is 0 Å². The fraction of sp³-hybridized carbons (Fsp3) is 0.750. The Morgan fingerprint density at radius 1 is 1.40 bits per heavy atom. The highest BCUT2D eigenvalue weighted by Gasteiger charge is 2.16. The topological polar surface area (TPSA) is 24.9 Å². The highest BCUT2D eigenvalue weighted by atomic mass is 32.1. The molecular formula is C12H22N2S. The molecule has 15 heavy (non-hydrogen) atoms. The largest absolute Gasteiger partial charge is 0.311 e. The Morgan fingerprint density at radius 2 is 2.07 bits per heavy atom. The molecule has 1 aromatic rings. The second kappa shape index (κ2) is 5.61. The smallest absolute Gasteiger partial charge is 0.110 e.